The summed E-state index contributed by atoms with van der Waals surface area (Å²) in [5.41, 5.74) is 3.19. The van der Waals surface area contributed by atoms with Gasteiger partial charge in [0.05, 0.1) is 18.2 Å². The third kappa shape index (κ3) is 5.96. The third-order valence-corrected chi connectivity index (χ3v) is 4.26. The molecule has 0 spiro atoms. The smallest absolute Gasteiger partial charge is 0.338 e. The number of rotatable bonds is 7. The van der Waals surface area contributed by atoms with Gasteiger partial charge in [-0.15, -0.1) is 0 Å². The van der Waals surface area contributed by atoms with Gasteiger partial charge in [-0.3, -0.25) is 0 Å². The highest BCUT2D eigenvalue weighted by atomic mass is 32.1. The Morgan fingerprint density at radius 1 is 1.15 bits per heavy atom. The standard InChI is InChI=1S/C21H26N2O3S/c1-5-25-20(24)17-10-8-11-18(16(17)4)23-21(27)22-15(3)13-26-19-12-7-6-9-14(19)2/h6-12,15H,5,13H2,1-4H3,(H2,22,23,27)/t15-/m0/s1. The van der Waals surface area contributed by atoms with Gasteiger partial charge >= 0.3 is 5.97 Å². The van der Waals surface area contributed by atoms with Gasteiger partial charge in [0.2, 0.25) is 0 Å². The molecule has 0 saturated heterocycles. The van der Waals surface area contributed by atoms with Gasteiger partial charge in [-0.2, -0.15) is 0 Å². The van der Waals surface area contributed by atoms with E-state index in [-0.39, 0.29) is 12.0 Å². The minimum atomic E-state index is -0.336. The topological polar surface area (TPSA) is 59.6 Å². The molecular weight excluding hydrogens is 360 g/mol. The van der Waals surface area contributed by atoms with Crippen LogP contribution in [0.3, 0.4) is 0 Å². The van der Waals surface area contributed by atoms with Crippen LogP contribution in [0.1, 0.15) is 35.3 Å². The van der Waals surface area contributed by atoms with E-state index in [4.69, 9.17) is 21.7 Å². The minimum absolute atomic E-state index is 0.0122. The molecule has 2 N–H and O–H groups in total. The van der Waals surface area contributed by atoms with E-state index in [1.165, 1.54) is 0 Å². The fourth-order valence-corrected chi connectivity index (χ4v) is 2.87. The third-order valence-electron chi connectivity index (χ3n) is 4.04. The predicted octanol–water partition coefficient (Wildman–Crippen LogP) is 4.23. The quantitative estimate of drug-likeness (QED) is 0.548. The Balaban J connectivity index is 1.92. The number of hydrogen-bond donors (Lipinski definition) is 2. The highest BCUT2D eigenvalue weighted by Gasteiger charge is 2.14. The molecule has 0 radical (unpaired) electrons. The maximum absolute atomic E-state index is 12.0. The van der Waals surface area contributed by atoms with E-state index in [1.807, 2.05) is 51.1 Å². The van der Waals surface area contributed by atoms with Crippen LogP contribution in [0.15, 0.2) is 42.5 Å². The van der Waals surface area contributed by atoms with Crippen molar-refractivity contribution in [3.8, 4) is 5.75 Å². The molecular formula is C21H26N2O3S. The zero-order chi connectivity index (χ0) is 19.8. The molecule has 1 atom stereocenters. The summed E-state index contributed by atoms with van der Waals surface area (Å²) in [5.74, 6) is 0.528. The van der Waals surface area contributed by atoms with Crippen molar-refractivity contribution in [2.24, 2.45) is 0 Å². The molecule has 5 nitrogen and oxygen atoms in total. The Morgan fingerprint density at radius 3 is 2.59 bits per heavy atom. The van der Waals surface area contributed by atoms with Crippen LogP contribution in [-0.4, -0.2) is 30.3 Å². The summed E-state index contributed by atoms with van der Waals surface area (Å²) < 4.78 is 10.9. The van der Waals surface area contributed by atoms with Crippen LogP contribution in [0.2, 0.25) is 0 Å². The van der Waals surface area contributed by atoms with E-state index in [0.717, 1.165) is 22.6 Å². The number of para-hydroxylation sites is 1. The van der Waals surface area contributed by atoms with Gasteiger partial charge in [-0.1, -0.05) is 24.3 Å². The van der Waals surface area contributed by atoms with Crippen molar-refractivity contribution in [2.45, 2.75) is 33.7 Å². The average molecular weight is 387 g/mol. The van der Waals surface area contributed by atoms with Crippen molar-refractivity contribution in [1.82, 2.24) is 5.32 Å². The van der Waals surface area contributed by atoms with Gasteiger partial charge < -0.3 is 20.1 Å². The van der Waals surface area contributed by atoms with Crippen LogP contribution < -0.4 is 15.4 Å². The molecule has 0 fully saturated rings. The largest absolute Gasteiger partial charge is 0.491 e. The van der Waals surface area contributed by atoms with E-state index in [1.54, 1.807) is 19.1 Å². The van der Waals surface area contributed by atoms with Crippen molar-refractivity contribution in [1.29, 1.82) is 0 Å². The number of thiocarbonyl (C=S) groups is 1. The summed E-state index contributed by atoms with van der Waals surface area (Å²) in [6.07, 6.45) is 0. The van der Waals surface area contributed by atoms with Gasteiger partial charge in [0.1, 0.15) is 12.4 Å². The summed E-state index contributed by atoms with van der Waals surface area (Å²) in [7, 11) is 0. The normalized spacial score (nSPS) is 11.4. The Kier molecular flexibility index (Phi) is 7.61. The Labute approximate surface area is 166 Å². The Hall–Kier alpha value is -2.60. The summed E-state index contributed by atoms with van der Waals surface area (Å²) in [4.78, 5) is 12.0. The van der Waals surface area contributed by atoms with Crippen molar-refractivity contribution in [3.05, 3.63) is 59.2 Å². The summed E-state index contributed by atoms with van der Waals surface area (Å²) in [6.45, 7) is 8.48. The van der Waals surface area contributed by atoms with Gasteiger partial charge in [0.15, 0.2) is 5.11 Å². The van der Waals surface area contributed by atoms with Gasteiger partial charge in [0.25, 0.3) is 0 Å². The van der Waals surface area contributed by atoms with Crippen LogP contribution in [-0.2, 0) is 4.74 Å². The zero-order valence-corrected chi connectivity index (χ0v) is 17.0. The molecule has 2 aromatic carbocycles. The van der Waals surface area contributed by atoms with E-state index in [0.29, 0.717) is 23.9 Å². The predicted molar refractivity (Wildman–Crippen MR) is 113 cm³/mol. The number of esters is 1. The van der Waals surface area contributed by atoms with Crippen LogP contribution in [0.4, 0.5) is 5.69 Å². The van der Waals surface area contributed by atoms with Crippen LogP contribution in [0.5, 0.6) is 5.75 Å². The Bertz CT molecular complexity index is 808. The minimum Gasteiger partial charge on any atom is -0.491 e. The number of nitrogens with one attached hydrogen (secondary N) is 2. The van der Waals surface area contributed by atoms with E-state index >= 15 is 0 Å². The monoisotopic (exact) mass is 386 g/mol. The van der Waals surface area contributed by atoms with Gasteiger partial charge in [-0.25, -0.2) is 4.79 Å². The average Bonchev–Trinajstić information content (AvgIpc) is 2.63. The second-order valence-electron chi connectivity index (χ2n) is 6.27. The lowest BCUT2D eigenvalue weighted by atomic mass is 10.1. The first-order valence-electron chi connectivity index (χ1n) is 8.95. The SMILES string of the molecule is CCOC(=O)c1cccc(NC(=S)N[C@@H](C)COc2ccccc2C)c1C. The fourth-order valence-electron chi connectivity index (χ4n) is 2.56. The number of hydrogen-bond acceptors (Lipinski definition) is 4. The van der Waals surface area contributed by atoms with E-state index in [2.05, 4.69) is 10.6 Å². The number of benzene rings is 2. The lowest BCUT2D eigenvalue weighted by Crippen LogP contribution is -2.39. The molecule has 0 unspecified atom stereocenters. The molecule has 2 rings (SSSR count). The van der Waals surface area contributed by atoms with Crippen molar-refractivity contribution in [3.63, 3.8) is 0 Å². The zero-order valence-electron chi connectivity index (χ0n) is 16.2. The second kappa shape index (κ2) is 9.92. The fraction of sp³-hybridized carbons (Fsp3) is 0.333. The van der Waals surface area contributed by atoms with E-state index in [9.17, 15) is 4.79 Å². The molecule has 0 heterocycles. The molecule has 0 aliphatic heterocycles. The van der Waals surface area contributed by atoms with Crippen LogP contribution in [0.25, 0.3) is 0 Å². The number of aryl methyl sites for hydroxylation is 1. The van der Waals surface area contributed by atoms with Gasteiger partial charge in [0, 0.05) is 5.69 Å². The lowest BCUT2D eigenvalue weighted by molar-refractivity contribution is 0.0525. The molecule has 27 heavy (non-hydrogen) atoms. The summed E-state index contributed by atoms with van der Waals surface area (Å²) >= 11 is 5.39. The van der Waals surface area contributed by atoms with E-state index < -0.39 is 0 Å². The number of ether oxygens (including phenoxy) is 2. The molecule has 0 saturated carbocycles. The molecule has 0 amide bonds. The molecule has 0 bridgehead atoms. The number of anilines is 1. The molecule has 2 aromatic rings. The maximum atomic E-state index is 12.0. The van der Waals surface area contributed by atoms with Crippen molar-refractivity contribution < 1.29 is 14.3 Å². The number of carbonyl (C=O) groups excluding carboxylic acids is 1. The van der Waals surface area contributed by atoms with Crippen LogP contribution in [0, 0.1) is 13.8 Å². The molecule has 0 aromatic heterocycles. The molecule has 144 valence electrons. The highest BCUT2D eigenvalue weighted by Crippen LogP contribution is 2.20. The maximum Gasteiger partial charge on any atom is 0.338 e. The summed E-state index contributed by atoms with van der Waals surface area (Å²) in [6, 6.07) is 13.3. The first-order chi connectivity index (χ1) is 12.9. The summed E-state index contributed by atoms with van der Waals surface area (Å²) in [5, 5.41) is 6.82. The Morgan fingerprint density at radius 2 is 1.89 bits per heavy atom. The molecule has 0 aliphatic rings. The van der Waals surface area contributed by atoms with Crippen LogP contribution >= 0.6 is 12.2 Å². The number of carbonyl (C=O) groups is 1. The molecule has 0 aliphatic carbocycles. The van der Waals surface area contributed by atoms with Gasteiger partial charge in [-0.05, 0) is 69.2 Å². The first kappa shape index (κ1) is 20.7. The molecule has 6 heteroatoms. The lowest BCUT2D eigenvalue weighted by Gasteiger charge is -2.19. The second-order valence-corrected chi connectivity index (χ2v) is 6.68. The first-order valence-corrected chi connectivity index (χ1v) is 9.35. The van der Waals surface area contributed by atoms with Crippen molar-refractivity contribution in [2.75, 3.05) is 18.5 Å². The highest BCUT2D eigenvalue weighted by molar-refractivity contribution is 7.80. The van der Waals surface area contributed by atoms with Crippen molar-refractivity contribution >= 4 is 29.0 Å².